The van der Waals surface area contributed by atoms with Crippen molar-refractivity contribution in [2.45, 2.75) is 43.9 Å². The van der Waals surface area contributed by atoms with Gasteiger partial charge in [0.1, 0.15) is 5.25 Å². The predicted molar refractivity (Wildman–Crippen MR) is 60.6 cm³/mol. The van der Waals surface area contributed by atoms with Gasteiger partial charge in [0.15, 0.2) is 0 Å². The molecule has 0 spiro atoms. The molecular formula is C8H16N2O2S2. The van der Waals surface area contributed by atoms with Crippen LogP contribution in [0.3, 0.4) is 0 Å². The first-order valence-corrected chi connectivity index (χ1v) is 6.54. The second kappa shape index (κ2) is 3.75. The molecule has 1 aliphatic rings. The van der Waals surface area contributed by atoms with Gasteiger partial charge >= 0.3 is 0 Å². The summed E-state index contributed by atoms with van der Waals surface area (Å²) in [5.74, 6) is 0. The Morgan fingerprint density at radius 1 is 1.57 bits per heavy atom. The molecule has 0 bridgehead atoms. The van der Waals surface area contributed by atoms with E-state index in [1.165, 1.54) is 6.92 Å². The molecule has 1 aliphatic carbocycles. The first-order valence-electron chi connectivity index (χ1n) is 4.59. The fraction of sp³-hybridized carbons (Fsp3) is 0.875. The first-order chi connectivity index (χ1) is 6.27. The van der Waals surface area contributed by atoms with Gasteiger partial charge in [-0.3, -0.25) is 0 Å². The monoisotopic (exact) mass is 236 g/mol. The minimum Gasteiger partial charge on any atom is -0.392 e. The molecule has 3 N–H and O–H groups in total. The van der Waals surface area contributed by atoms with Crippen LogP contribution in [0.25, 0.3) is 0 Å². The van der Waals surface area contributed by atoms with Gasteiger partial charge in [0, 0.05) is 5.54 Å². The van der Waals surface area contributed by atoms with E-state index in [1.807, 2.05) is 6.92 Å². The summed E-state index contributed by atoms with van der Waals surface area (Å²) < 4.78 is 26.1. The molecule has 1 rings (SSSR count). The van der Waals surface area contributed by atoms with Crippen LogP contribution in [0.15, 0.2) is 0 Å². The number of thiocarbonyl (C=S) groups is 1. The van der Waals surface area contributed by atoms with E-state index in [-0.39, 0.29) is 10.5 Å². The molecule has 0 aromatic rings. The summed E-state index contributed by atoms with van der Waals surface area (Å²) in [6, 6.07) is 0. The second-order valence-corrected chi connectivity index (χ2v) is 6.58. The number of nitrogens with two attached hydrogens (primary N) is 1. The van der Waals surface area contributed by atoms with Gasteiger partial charge in [0.05, 0.1) is 4.99 Å². The Bertz CT molecular complexity index is 333. The number of nitrogens with one attached hydrogen (secondary N) is 1. The highest BCUT2D eigenvalue weighted by atomic mass is 32.2. The van der Waals surface area contributed by atoms with Crippen LogP contribution in [-0.2, 0) is 10.0 Å². The Morgan fingerprint density at radius 2 is 2.07 bits per heavy atom. The summed E-state index contributed by atoms with van der Waals surface area (Å²) in [6.07, 6.45) is 2.84. The largest absolute Gasteiger partial charge is 0.392 e. The number of hydrogen-bond donors (Lipinski definition) is 2. The highest BCUT2D eigenvalue weighted by Crippen LogP contribution is 2.32. The molecule has 0 heterocycles. The molecule has 1 unspecified atom stereocenters. The van der Waals surface area contributed by atoms with Crippen molar-refractivity contribution in [3.05, 3.63) is 0 Å². The third-order valence-electron chi connectivity index (χ3n) is 2.71. The van der Waals surface area contributed by atoms with Crippen LogP contribution in [-0.4, -0.2) is 24.2 Å². The lowest BCUT2D eigenvalue weighted by molar-refractivity contribution is 0.247. The van der Waals surface area contributed by atoms with Crippen LogP contribution in [0.2, 0.25) is 0 Å². The maximum absolute atomic E-state index is 11.7. The van der Waals surface area contributed by atoms with E-state index in [4.69, 9.17) is 5.73 Å². The molecule has 1 atom stereocenters. The van der Waals surface area contributed by atoms with Crippen molar-refractivity contribution in [2.24, 2.45) is 5.73 Å². The van der Waals surface area contributed by atoms with Crippen molar-refractivity contribution in [1.29, 1.82) is 0 Å². The summed E-state index contributed by atoms with van der Waals surface area (Å²) in [4.78, 5) is 0.0143. The van der Waals surface area contributed by atoms with Crippen molar-refractivity contribution >= 4 is 27.2 Å². The zero-order chi connectivity index (χ0) is 11.0. The Labute approximate surface area is 90.3 Å². The van der Waals surface area contributed by atoms with E-state index < -0.39 is 15.3 Å². The van der Waals surface area contributed by atoms with Gasteiger partial charge in [-0.2, -0.15) is 0 Å². The fourth-order valence-corrected chi connectivity index (χ4v) is 3.15. The molecule has 0 aromatic heterocycles. The Hall–Kier alpha value is -0.200. The van der Waals surface area contributed by atoms with Gasteiger partial charge in [0.2, 0.25) is 10.0 Å². The van der Waals surface area contributed by atoms with E-state index in [0.717, 1.165) is 19.3 Å². The van der Waals surface area contributed by atoms with Crippen LogP contribution >= 0.6 is 12.2 Å². The van der Waals surface area contributed by atoms with Gasteiger partial charge in [-0.15, -0.1) is 0 Å². The van der Waals surface area contributed by atoms with E-state index in [2.05, 4.69) is 16.9 Å². The molecule has 1 fully saturated rings. The summed E-state index contributed by atoms with van der Waals surface area (Å²) >= 11 is 4.67. The molecule has 82 valence electrons. The SMILES string of the molecule is CC(C(N)=S)S(=O)(=O)NC1(C)CCC1. The van der Waals surface area contributed by atoms with Crippen molar-refractivity contribution in [3.8, 4) is 0 Å². The zero-order valence-electron chi connectivity index (χ0n) is 8.41. The molecule has 0 aliphatic heterocycles. The van der Waals surface area contributed by atoms with Gasteiger partial charge < -0.3 is 5.73 Å². The molecule has 0 aromatic carbocycles. The van der Waals surface area contributed by atoms with Crippen molar-refractivity contribution in [1.82, 2.24) is 4.72 Å². The Balaban J connectivity index is 2.71. The highest BCUT2D eigenvalue weighted by molar-refractivity contribution is 7.93. The Morgan fingerprint density at radius 3 is 2.36 bits per heavy atom. The van der Waals surface area contributed by atoms with Gasteiger partial charge in [-0.1, -0.05) is 12.2 Å². The number of rotatable bonds is 4. The highest BCUT2D eigenvalue weighted by Gasteiger charge is 2.37. The summed E-state index contributed by atoms with van der Waals surface area (Å²) in [5.41, 5.74) is 5.03. The van der Waals surface area contributed by atoms with E-state index in [0.29, 0.717) is 0 Å². The molecule has 14 heavy (non-hydrogen) atoms. The van der Waals surface area contributed by atoms with Gasteiger partial charge in [0.25, 0.3) is 0 Å². The zero-order valence-corrected chi connectivity index (χ0v) is 10.0. The third-order valence-corrected chi connectivity index (χ3v) is 5.18. The third kappa shape index (κ3) is 2.43. The maximum atomic E-state index is 11.7. The van der Waals surface area contributed by atoms with Crippen molar-refractivity contribution < 1.29 is 8.42 Å². The first kappa shape index (κ1) is 11.9. The lowest BCUT2D eigenvalue weighted by atomic mass is 9.80. The average Bonchev–Trinajstić information content (AvgIpc) is 1.99. The van der Waals surface area contributed by atoms with Crippen molar-refractivity contribution in [3.63, 3.8) is 0 Å². The standard InChI is InChI=1S/C8H16N2O2S2/c1-6(7(9)13)14(11,12)10-8(2)4-3-5-8/h6,10H,3-5H2,1-2H3,(H2,9,13). The summed E-state index contributed by atoms with van der Waals surface area (Å²) in [7, 11) is -3.39. The Kier molecular flexibility index (Phi) is 3.18. The van der Waals surface area contributed by atoms with E-state index >= 15 is 0 Å². The summed E-state index contributed by atoms with van der Waals surface area (Å²) in [5, 5.41) is -0.796. The minimum atomic E-state index is -3.39. The fourth-order valence-electron chi connectivity index (χ4n) is 1.39. The van der Waals surface area contributed by atoms with E-state index in [1.54, 1.807) is 0 Å². The number of sulfonamides is 1. The minimum absolute atomic E-state index is 0.0143. The topological polar surface area (TPSA) is 72.2 Å². The number of hydrogen-bond acceptors (Lipinski definition) is 3. The second-order valence-electron chi connectivity index (χ2n) is 4.11. The predicted octanol–water partition coefficient (Wildman–Crippen LogP) is 0.523. The van der Waals surface area contributed by atoms with Crippen LogP contribution in [0.1, 0.15) is 33.1 Å². The molecule has 4 nitrogen and oxygen atoms in total. The quantitative estimate of drug-likeness (QED) is 0.698. The lowest BCUT2D eigenvalue weighted by Crippen LogP contribution is -2.54. The van der Waals surface area contributed by atoms with Gasteiger partial charge in [-0.25, -0.2) is 13.1 Å². The molecule has 0 amide bonds. The van der Waals surface area contributed by atoms with Crippen LogP contribution in [0, 0.1) is 0 Å². The average molecular weight is 236 g/mol. The van der Waals surface area contributed by atoms with Crippen LogP contribution in [0.5, 0.6) is 0 Å². The van der Waals surface area contributed by atoms with Crippen molar-refractivity contribution in [2.75, 3.05) is 0 Å². The lowest BCUT2D eigenvalue weighted by Gasteiger charge is -2.39. The molecular weight excluding hydrogens is 220 g/mol. The maximum Gasteiger partial charge on any atom is 0.221 e. The molecule has 0 radical (unpaired) electrons. The normalized spacial score (nSPS) is 22.4. The molecule has 0 saturated heterocycles. The molecule has 6 heteroatoms. The van der Waals surface area contributed by atoms with Crippen LogP contribution in [0.4, 0.5) is 0 Å². The molecule has 1 saturated carbocycles. The van der Waals surface area contributed by atoms with Gasteiger partial charge in [-0.05, 0) is 33.1 Å². The summed E-state index contributed by atoms with van der Waals surface area (Å²) in [6.45, 7) is 3.41. The smallest absolute Gasteiger partial charge is 0.221 e. The van der Waals surface area contributed by atoms with E-state index in [9.17, 15) is 8.42 Å². The van der Waals surface area contributed by atoms with Crippen LogP contribution < -0.4 is 10.5 Å².